The molecule has 0 unspecified atom stereocenters. The summed E-state index contributed by atoms with van der Waals surface area (Å²) in [7, 11) is 0. The zero-order valence-corrected chi connectivity index (χ0v) is 19.3. The normalized spacial score (nSPS) is 11.6. The number of nitrogens with zero attached hydrogens (tertiary/aromatic N) is 2. The lowest BCUT2D eigenvalue weighted by Gasteiger charge is -2.07. The quantitative estimate of drug-likeness (QED) is 0.0941. The van der Waals surface area contributed by atoms with Crippen molar-refractivity contribution >= 4 is 28.2 Å². The molecule has 4 rings (SSSR count). The molecule has 0 saturated carbocycles. The molecule has 0 aliphatic rings. The number of carbonyl (C=O) groups excluding carboxylic acids is 2. The summed E-state index contributed by atoms with van der Waals surface area (Å²) >= 11 is 0. The van der Waals surface area contributed by atoms with E-state index < -0.39 is 0 Å². The smallest absolute Gasteiger partial charge is 0.212 e. The summed E-state index contributed by atoms with van der Waals surface area (Å²) in [4.78, 5) is 26.0. The van der Waals surface area contributed by atoms with Gasteiger partial charge in [0.2, 0.25) is 5.78 Å². The molecule has 172 valence electrons. The van der Waals surface area contributed by atoms with Crippen molar-refractivity contribution in [1.82, 2.24) is 4.57 Å². The van der Waals surface area contributed by atoms with Crippen LogP contribution in [0.3, 0.4) is 0 Å². The minimum Gasteiger partial charge on any atom is -0.411 e. The molecule has 5 heteroatoms. The predicted octanol–water partition coefficient (Wildman–Crippen LogP) is 6.84. The number of aromatic nitrogens is 1. The highest BCUT2D eigenvalue weighted by atomic mass is 16.4. The minimum absolute atomic E-state index is 0.0350. The molecular weight excluding hydrogens is 424 g/mol. The number of carbonyl (C=O) groups is 2. The standard InChI is InChI=1S/C29H28N2O3/c1-2-3-4-8-14-26(30-34)29(33)25-20-31(27-15-10-9-13-24(25)27)23-18-16-22(17-19-23)28(32)21-11-6-5-7-12-21/h5-7,9-13,15-20,34H,2-4,8,14H2,1H3/b30-26+. The van der Waals surface area contributed by atoms with E-state index in [1.54, 1.807) is 30.5 Å². The van der Waals surface area contributed by atoms with Gasteiger partial charge in [0.1, 0.15) is 5.71 Å². The SMILES string of the molecule is CCCCCC/C(=N\O)C(=O)c1cn(-c2ccc(C(=O)c3ccccc3)cc2)c2ccccc12. The third kappa shape index (κ3) is 4.84. The largest absolute Gasteiger partial charge is 0.411 e. The van der Waals surface area contributed by atoms with Gasteiger partial charge in [-0.3, -0.25) is 9.59 Å². The van der Waals surface area contributed by atoms with Gasteiger partial charge in [-0.25, -0.2) is 0 Å². The fourth-order valence-electron chi connectivity index (χ4n) is 4.19. The Morgan fingerprint density at radius 1 is 0.824 bits per heavy atom. The maximum Gasteiger partial charge on any atom is 0.212 e. The van der Waals surface area contributed by atoms with Crippen LogP contribution in [0.5, 0.6) is 0 Å². The van der Waals surface area contributed by atoms with Crippen molar-refractivity contribution in [3.8, 4) is 5.69 Å². The van der Waals surface area contributed by atoms with Crippen LogP contribution in [0.25, 0.3) is 16.6 Å². The highest BCUT2D eigenvalue weighted by Gasteiger charge is 2.21. The molecule has 1 aromatic heterocycles. The summed E-state index contributed by atoms with van der Waals surface area (Å²) in [5.41, 5.74) is 3.64. The number of benzene rings is 3. The number of hydrogen-bond acceptors (Lipinski definition) is 4. The van der Waals surface area contributed by atoms with Gasteiger partial charge in [0.15, 0.2) is 5.78 Å². The van der Waals surface area contributed by atoms with Crippen LogP contribution in [-0.2, 0) is 0 Å². The third-order valence-corrected chi connectivity index (χ3v) is 6.05. The van der Waals surface area contributed by atoms with E-state index in [2.05, 4.69) is 12.1 Å². The maximum atomic E-state index is 13.2. The lowest BCUT2D eigenvalue weighted by atomic mass is 10.0. The van der Waals surface area contributed by atoms with Crippen LogP contribution < -0.4 is 0 Å². The summed E-state index contributed by atoms with van der Waals surface area (Å²) < 4.78 is 1.94. The van der Waals surface area contributed by atoms with Crippen LogP contribution in [0.1, 0.15) is 65.3 Å². The van der Waals surface area contributed by atoms with Crippen LogP contribution >= 0.6 is 0 Å². The van der Waals surface area contributed by atoms with Crippen LogP contribution in [0.15, 0.2) is 90.2 Å². The summed E-state index contributed by atoms with van der Waals surface area (Å²) in [6, 6.07) is 24.2. The van der Waals surface area contributed by atoms with Gasteiger partial charge in [-0.1, -0.05) is 79.9 Å². The van der Waals surface area contributed by atoms with Crippen molar-refractivity contribution in [3.05, 3.63) is 102 Å². The summed E-state index contributed by atoms with van der Waals surface area (Å²) in [5, 5.41) is 13.6. The van der Waals surface area contributed by atoms with E-state index in [1.165, 1.54) is 0 Å². The predicted molar refractivity (Wildman–Crippen MR) is 135 cm³/mol. The summed E-state index contributed by atoms with van der Waals surface area (Å²) in [6.07, 6.45) is 6.24. The van der Waals surface area contributed by atoms with Gasteiger partial charge in [0.05, 0.1) is 5.52 Å². The Hall–Kier alpha value is -3.99. The van der Waals surface area contributed by atoms with E-state index in [-0.39, 0.29) is 17.3 Å². The second-order valence-corrected chi connectivity index (χ2v) is 8.36. The topological polar surface area (TPSA) is 71.7 Å². The van der Waals surface area contributed by atoms with Crippen molar-refractivity contribution in [2.45, 2.75) is 39.0 Å². The number of unbranched alkanes of at least 4 members (excludes halogenated alkanes) is 3. The highest BCUT2D eigenvalue weighted by Crippen LogP contribution is 2.27. The van der Waals surface area contributed by atoms with Crippen molar-refractivity contribution in [1.29, 1.82) is 0 Å². The number of fused-ring (bicyclic) bond motifs is 1. The Bertz CT molecular complexity index is 1320. The van der Waals surface area contributed by atoms with E-state index in [0.717, 1.165) is 42.3 Å². The van der Waals surface area contributed by atoms with Crippen LogP contribution in [-0.4, -0.2) is 27.1 Å². The maximum absolute atomic E-state index is 13.2. The zero-order valence-electron chi connectivity index (χ0n) is 19.3. The molecular formula is C29H28N2O3. The minimum atomic E-state index is -0.259. The average Bonchev–Trinajstić information content (AvgIpc) is 3.28. The third-order valence-electron chi connectivity index (χ3n) is 6.05. The van der Waals surface area contributed by atoms with E-state index in [0.29, 0.717) is 23.1 Å². The zero-order chi connectivity index (χ0) is 23.9. The lowest BCUT2D eigenvalue weighted by molar-refractivity contribution is 0.103. The molecule has 0 saturated heterocycles. The highest BCUT2D eigenvalue weighted by molar-refractivity contribution is 6.47. The van der Waals surface area contributed by atoms with E-state index in [4.69, 9.17) is 0 Å². The molecule has 0 fully saturated rings. The Morgan fingerprint density at radius 2 is 1.50 bits per heavy atom. The first kappa shape index (κ1) is 23.2. The van der Waals surface area contributed by atoms with Gasteiger partial charge >= 0.3 is 0 Å². The first-order chi connectivity index (χ1) is 16.6. The number of ketones is 2. The van der Waals surface area contributed by atoms with Crippen LogP contribution in [0.2, 0.25) is 0 Å². The van der Waals surface area contributed by atoms with Gasteiger partial charge in [0, 0.05) is 34.0 Å². The molecule has 0 bridgehead atoms. The molecule has 1 heterocycles. The molecule has 5 nitrogen and oxygen atoms in total. The molecule has 3 aromatic carbocycles. The molecule has 1 N–H and O–H groups in total. The monoisotopic (exact) mass is 452 g/mol. The molecule has 0 aliphatic carbocycles. The van der Waals surface area contributed by atoms with Gasteiger partial charge in [-0.15, -0.1) is 0 Å². The molecule has 0 radical (unpaired) electrons. The summed E-state index contributed by atoms with van der Waals surface area (Å²) in [6.45, 7) is 2.13. The molecule has 0 aliphatic heterocycles. The van der Waals surface area contributed by atoms with Gasteiger partial charge < -0.3 is 9.77 Å². The van der Waals surface area contributed by atoms with Crippen LogP contribution in [0.4, 0.5) is 0 Å². The van der Waals surface area contributed by atoms with Crippen molar-refractivity contribution in [2.24, 2.45) is 5.16 Å². The van der Waals surface area contributed by atoms with E-state index in [9.17, 15) is 14.8 Å². The Labute approximate surface area is 199 Å². The number of para-hydroxylation sites is 1. The van der Waals surface area contributed by atoms with Gasteiger partial charge in [-0.05, 0) is 43.2 Å². The molecule has 0 spiro atoms. The fourth-order valence-corrected chi connectivity index (χ4v) is 4.19. The molecule has 4 aromatic rings. The van der Waals surface area contributed by atoms with E-state index in [1.807, 2.05) is 59.2 Å². The van der Waals surface area contributed by atoms with Crippen molar-refractivity contribution < 1.29 is 14.8 Å². The second kappa shape index (κ2) is 10.8. The van der Waals surface area contributed by atoms with Gasteiger partial charge in [-0.2, -0.15) is 0 Å². The number of hydrogen-bond donors (Lipinski definition) is 1. The van der Waals surface area contributed by atoms with Crippen molar-refractivity contribution in [3.63, 3.8) is 0 Å². The second-order valence-electron chi connectivity index (χ2n) is 8.36. The molecule has 0 atom stereocenters. The fraction of sp³-hybridized carbons (Fsp3) is 0.207. The van der Waals surface area contributed by atoms with Crippen LogP contribution in [0, 0.1) is 0 Å². The van der Waals surface area contributed by atoms with E-state index >= 15 is 0 Å². The lowest BCUT2D eigenvalue weighted by Crippen LogP contribution is -2.14. The Morgan fingerprint density at radius 3 is 2.21 bits per heavy atom. The van der Waals surface area contributed by atoms with Gasteiger partial charge in [0.25, 0.3) is 0 Å². The number of rotatable bonds is 10. The molecule has 34 heavy (non-hydrogen) atoms. The Balaban J connectivity index is 1.64. The molecule has 0 amide bonds. The number of oxime groups is 1. The first-order valence-electron chi connectivity index (χ1n) is 11.7. The summed E-state index contributed by atoms with van der Waals surface area (Å²) in [5.74, 6) is -0.294. The Kier molecular flexibility index (Phi) is 7.33. The average molecular weight is 453 g/mol. The number of Topliss-reactive ketones (excluding diaryl/α,β-unsaturated/α-hetero) is 1. The first-order valence-corrected chi connectivity index (χ1v) is 11.7. The van der Waals surface area contributed by atoms with Crippen molar-refractivity contribution in [2.75, 3.05) is 0 Å².